The van der Waals surface area contributed by atoms with Crippen molar-refractivity contribution in [3.63, 3.8) is 0 Å². The van der Waals surface area contributed by atoms with Crippen molar-refractivity contribution in [2.45, 2.75) is 23.8 Å². The van der Waals surface area contributed by atoms with E-state index >= 15 is 0 Å². The van der Waals surface area contributed by atoms with Gasteiger partial charge in [0.1, 0.15) is 22.0 Å². The van der Waals surface area contributed by atoms with E-state index in [1.165, 1.54) is 11.0 Å². The minimum atomic E-state index is -4.10. The minimum Gasteiger partial charge on any atom is -0.378 e. The van der Waals surface area contributed by atoms with E-state index in [0.717, 1.165) is 17.3 Å². The van der Waals surface area contributed by atoms with Crippen LogP contribution in [0.25, 0.3) is 11.0 Å². The molecule has 10 nitrogen and oxygen atoms in total. The van der Waals surface area contributed by atoms with E-state index in [1.807, 2.05) is 30.3 Å². The molecule has 4 rings (SSSR count). The lowest BCUT2D eigenvalue weighted by Gasteiger charge is -2.28. The molecule has 0 aliphatic carbocycles. The lowest BCUT2D eigenvalue weighted by atomic mass is 10.1. The Morgan fingerprint density at radius 2 is 1.94 bits per heavy atom. The first-order valence-electron chi connectivity index (χ1n) is 10.8. The van der Waals surface area contributed by atoms with Crippen molar-refractivity contribution in [2.75, 3.05) is 32.8 Å². The summed E-state index contributed by atoms with van der Waals surface area (Å²) in [7, 11) is -4.10. The third kappa shape index (κ3) is 5.95. The molecule has 0 unspecified atom stereocenters. The Balaban J connectivity index is 1.62. The number of amides is 2. The molecule has 2 heterocycles. The normalized spacial score (nSPS) is 16.7. The largest absolute Gasteiger partial charge is 0.378 e. The maximum Gasteiger partial charge on any atom is 0.243 e. The highest BCUT2D eigenvalue weighted by molar-refractivity contribution is 7.89. The third-order valence-electron chi connectivity index (χ3n) is 5.41. The van der Waals surface area contributed by atoms with Crippen LogP contribution in [0.2, 0.25) is 0 Å². The lowest BCUT2D eigenvalue weighted by Crippen LogP contribution is -2.51. The topological polar surface area (TPSA) is 131 Å². The van der Waals surface area contributed by atoms with Crippen LogP contribution in [0, 0.1) is 0 Å². The van der Waals surface area contributed by atoms with Crippen molar-refractivity contribution >= 4 is 44.6 Å². The number of nitrogens with one attached hydrogen (secondary N) is 2. The predicted molar refractivity (Wildman–Crippen MR) is 127 cm³/mol. The van der Waals surface area contributed by atoms with E-state index in [1.54, 1.807) is 12.1 Å². The average molecular weight is 504 g/mol. The quantitative estimate of drug-likeness (QED) is 0.512. The summed E-state index contributed by atoms with van der Waals surface area (Å²) in [5, 5.41) is 2.73. The monoisotopic (exact) mass is 503 g/mol. The van der Waals surface area contributed by atoms with Crippen LogP contribution in [-0.2, 0) is 30.8 Å². The number of carbonyl (C=O) groups excluding carboxylic acids is 2. The van der Waals surface area contributed by atoms with E-state index < -0.39 is 22.0 Å². The van der Waals surface area contributed by atoms with Crippen LogP contribution >= 0.6 is 11.7 Å². The highest BCUT2D eigenvalue weighted by Crippen LogP contribution is 2.22. The maximum atomic E-state index is 13.6. The Hall–Kier alpha value is -2.93. The maximum absolute atomic E-state index is 13.6. The summed E-state index contributed by atoms with van der Waals surface area (Å²) in [6, 6.07) is 12.8. The summed E-state index contributed by atoms with van der Waals surface area (Å²) in [6.45, 7) is 1.47. The molecule has 1 aliphatic rings. The van der Waals surface area contributed by atoms with E-state index in [9.17, 15) is 18.0 Å². The van der Waals surface area contributed by atoms with Crippen LogP contribution in [0.5, 0.6) is 0 Å². The number of benzene rings is 2. The predicted octanol–water partition coefficient (Wildman–Crippen LogP) is 0.946. The molecule has 1 fully saturated rings. The van der Waals surface area contributed by atoms with Gasteiger partial charge < -0.3 is 15.0 Å². The van der Waals surface area contributed by atoms with Gasteiger partial charge in [-0.2, -0.15) is 13.5 Å². The number of sulfonamides is 1. The summed E-state index contributed by atoms with van der Waals surface area (Å²) in [4.78, 5) is 27.0. The lowest BCUT2D eigenvalue weighted by molar-refractivity contribution is -0.134. The van der Waals surface area contributed by atoms with Crippen LogP contribution in [-0.4, -0.2) is 72.8 Å². The highest BCUT2D eigenvalue weighted by Gasteiger charge is 2.31. The Morgan fingerprint density at radius 1 is 1.12 bits per heavy atom. The first-order valence-corrected chi connectivity index (χ1v) is 13.1. The van der Waals surface area contributed by atoms with Crippen molar-refractivity contribution < 1.29 is 22.7 Å². The number of ether oxygens (including phenoxy) is 1. The van der Waals surface area contributed by atoms with Crippen LogP contribution in [0.15, 0.2) is 53.4 Å². The Labute approximate surface area is 201 Å². The van der Waals surface area contributed by atoms with Crippen LogP contribution in [0.1, 0.15) is 12.0 Å². The van der Waals surface area contributed by atoms with Crippen molar-refractivity contribution in [3.05, 3.63) is 54.1 Å². The van der Waals surface area contributed by atoms with Gasteiger partial charge in [0.2, 0.25) is 21.8 Å². The molecule has 2 N–H and O–H groups in total. The number of carbonyl (C=O) groups is 2. The van der Waals surface area contributed by atoms with Crippen LogP contribution < -0.4 is 10.0 Å². The van der Waals surface area contributed by atoms with Gasteiger partial charge in [-0.05, 0) is 24.1 Å². The van der Waals surface area contributed by atoms with Gasteiger partial charge in [0.25, 0.3) is 0 Å². The van der Waals surface area contributed by atoms with Crippen LogP contribution in [0.4, 0.5) is 0 Å². The van der Waals surface area contributed by atoms with E-state index in [-0.39, 0.29) is 48.9 Å². The summed E-state index contributed by atoms with van der Waals surface area (Å²) in [5.74, 6) is -0.612. The zero-order valence-electron chi connectivity index (χ0n) is 18.3. The molecule has 3 aromatic rings. The standard InChI is InChI=1S/C22H25N5O5S2/c28-20-9-11-27(12-14-32-13-10-23-20)22(29)18(15-16-5-2-1-3-6-16)26-34(30,31)19-8-4-7-17-21(19)25-33-24-17/h1-8,18,26H,9-15H2,(H,23,28)/t18-/m1/s1. The van der Waals surface area contributed by atoms with Crippen molar-refractivity contribution in [1.29, 1.82) is 0 Å². The zero-order valence-corrected chi connectivity index (χ0v) is 20.0. The molecular weight excluding hydrogens is 478 g/mol. The summed E-state index contributed by atoms with van der Waals surface area (Å²) < 4.78 is 43.0. The SMILES string of the molecule is O=C1CCN(C(=O)[C@@H](Cc2ccccc2)NS(=O)(=O)c2cccc3nsnc23)CCOCCN1. The molecule has 2 amide bonds. The molecule has 0 saturated carbocycles. The van der Waals surface area contributed by atoms with Gasteiger partial charge in [-0.1, -0.05) is 36.4 Å². The van der Waals surface area contributed by atoms with Crippen LogP contribution in [0.3, 0.4) is 0 Å². The number of fused-ring (bicyclic) bond motifs is 1. The fourth-order valence-electron chi connectivity index (χ4n) is 3.70. The Morgan fingerprint density at radius 3 is 2.76 bits per heavy atom. The molecule has 0 spiro atoms. The summed E-state index contributed by atoms with van der Waals surface area (Å²) >= 11 is 0.923. The van der Waals surface area contributed by atoms with Gasteiger partial charge >= 0.3 is 0 Å². The van der Waals surface area contributed by atoms with Crippen molar-refractivity contribution in [1.82, 2.24) is 23.7 Å². The molecule has 180 valence electrons. The highest BCUT2D eigenvalue weighted by atomic mass is 32.2. The van der Waals surface area contributed by atoms with E-state index in [2.05, 4.69) is 18.8 Å². The molecule has 0 bridgehead atoms. The van der Waals surface area contributed by atoms with Gasteiger partial charge in [0.15, 0.2) is 0 Å². The number of hydrogen-bond donors (Lipinski definition) is 2. The van der Waals surface area contributed by atoms with Gasteiger partial charge in [-0.3, -0.25) is 9.59 Å². The molecule has 1 aromatic heterocycles. The Bertz CT molecular complexity index is 1250. The van der Waals surface area contributed by atoms with Crippen molar-refractivity contribution in [2.24, 2.45) is 0 Å². The molecular formula is C22H25N5O5S2. The molecule has 1 atom stereocenters. The molecule has 12 heteroatoms. The zero-order chi connectivity index (χ0) is 24.0. The number of nitrogens with zero attached hydrogens (tertiary/aromatic N) is 3. The summed E-state index contributed by atoms with van der Waals surface area (Å²) in [6.07, 6.45) is 0.272. The van der Waals surface area contributed by atoms with Crippen molar-refractivity contribution in [3.8, 4) is 0 Å². The third-order valence-corrected chi connectivity index (χ3v) is 7.46. The Kier molecular flexibility index (Phi) is 7.83. The molecule has 34 heavy (non-hydrogen) atoms. The van der Waals surface area contributed by atoms with E-state index in [4.69, 9.17) is 4.74 Å². The molecule has 2 aromatic carbocycles. The average Bonchev–Trinajstić information content (AvgIpc) is 3.32. The fourth-order valence-corrected chi connectivity index (χ4v) is 5.65. The second kappa shape index (κ2) is 11.0. The first kappa shape index (κ1) is 24.2. The van der Waals surface area contributed by atoms with E-state index in [0.29, 0.717) is 18.7 Å². The van der Waals surface area contributed by atoms with Gasteiger partial charge in [0, 0.05) is 26.1 Å². The minimum absolute atomic E-state index is 0.0340. The summed E-state index contributed by atoms with van der Waals surface area (Å²) in [5.41, 5.74) is 1.53. The molecule has 1 saturated heterocycles. The smallest absolute Gasteiger partial charge is 0.243 e. The fraction of sp³-hybridized carbons (Fsp3) is 0.364. The molecule has 1 aliphatic heterocycles. The number of rotatable bonds is 6. The molecule has 0 radical (unpaired) electrons. The number of aromatic nitrogens is 2. The number of hydrogen-bond acceptors (Lipinski definition) is 8. The second-order valence-electron chi connectivity index (χ2n) is 7.79. The van der Waals surface area contributed by atoms with Gasteiger partial charge in [-0.15, -0.1) is 0 Å². The second-order valence-corrected chi connectivity index (χ2v) is 10.0. The van der Waals surface area contributed by atoms with Gasteiger partial charge in [0.05, 0.1) is 24.9 Å². The van der Waals surface area contributed by atoms with Gasteiger partial charge in [-0.25, -0.2) is 8.42 Å². The first-order chi connectivity index (χ1) is 16.4.